The lowest BCUT2D eigenvalue weighted by atomic mass is 9.87. The summed E-state index contributed by atoms with van der Waals surface area (Å²) in [6, 6.07) is 15.8. The fraction of sp³-hybridized carbons (Fsp3) is 0.389. The van der Waals surface area contributed by atoms with Crippen LogP contribution in [-0.4, -0.2) is 84.0 Å². The maximum atomic E-state index is 14.1. The van der Waals surface area contributed by atoms with Gasteiger partial charge in [0, 0.05) is 38.8 Å². The molecule has 48 heavy (non-hydrogen) atoms. The standard InChI is InChI=1S/C36H40N8O4/c1-24-19-31(33-25(2)40-41(3)35(33)39-24)36(46)42-13-6-17-47-28-8-4-7-27(21-28)34-30-11-10-29(48-18-16-42)20-26(30)12-15-44(34)32(45)9-5-14-43-23-37-22-38-43/h4,7-8,10-11,19-23,34H,5-6,9,12-18H2,1-3H3. The molecule has 0 fully saturated rings. The summed E-state index contributed by atoms with van der Waals surface area (Å²) in [6.07, 6.45) is 5.64. The monoisotopic (exact) mass is 648 g/mol. The molecule has 5 aromatic rings. The molecule has 3 aliphatic heterocycles. The number of rotatable bonds is 5. The topological polar surface area (TPSA) is 121 Å². The lowest BCUT2D eigenvalue weighted by Gasteiger charge is -2.38. The molecule has 12 heteroatoms. The van der Waals surface area contributed by atoms with Crippen molar-refractivity contribution in [2.24, 2.45) is 7.05 Å². The Labute approximate surface area is 279 Å². The van der Waals surface area contributed by atoms with Crippen molar-refractivity contribution >= 4 is 22.8 Å². The van der Waals surface area contributed by atoms with E-state index in [0.717, 1.165) is 51.4 Å². The van der Waals surface area contributed by atoms with Crippen molar-refractivity contribution in [3.05, 3.63) is 94.8 Å². The first-order valence-corrected chi connectivity index (χ1v) is 16.6. The molecule has 3 aliphatic rings. The number of nitrogens with zero attached hydrogens (tertiary/aromatic N) is 8. The van der Waals surface area contributed by atoms with Crippen molar-refractivity contribution in [2.75, 3.05) is 32.8 Å². The molecule has 0 saturated heterocycles. The summed E-state index contributed by atoms with van der Waals surface area (Å²) in [5.74, 6) is 1.52. The van der Waals surface area contributed by atoms with Gasteiger partial charge in [-0.05, 0) is 80.1 Å². The Morgan fingerprint density at radius 2 is 1.83 bits per heavy atom. The Kier molecular flexibility index (Phi) is 8.79. The quantitative estimate of drug-likeness (QED) is 0.275. The third-order valence-electron chi connectivity index (χ3n) is 9.17. The first-order chi connectivity index (χ1) is 23.4. The van der Waals surface area contributed by atoms with Gasteiger partial charge in [0.05, 0.1) is 35.8 Å². The number of hydrogen-bond donors (Lipinski definition) is 0. The van der Waals surface area contributed by atoms with Crippen LogP contribution in [0.3, 0.4) is 0 Å². The SMILES string of the molecule is Cc1cc(C(=O)N2CCCOc3cccc(c3)C3c4ccc(cc4CCN3C(=O)CCCn3cncn3)OCC2)c2c(C)nn(C)c2n1. The van der Waals surface area contributed by atoms with Gasteiger partial charge in [0.1, 0.15) is 30.8 Å². The third kappa shape index (κ3) is 6.34. The van der Waals surface area contributed by atoms with Gasteiger partial charge in [-0.2, -0.15) is 10.2 Å². The van der Waals surface area contributed by atoms with Crippen molar-refractivity contribution in [2.45, 2.75) is 52.1 Å². The van der Waals surface area contributed by atoms with Crippen LogP contribution in [0, 0.1) is 13.8 Å². The Bertz CT molecular complexity index is 1950. The average molecular weight is 649 g/mol. The van der Waals surface area contributed by atoms with Crippen LogP contribution in [0.2, 0.25) is 0 Å². The number of aromatic nitrogens is 6. The summed E-state index contributed by atoms with van der Waals surface area (Å²) in [7, 11) is 1.85. The van der Waals surface area contributed by atoms with E-state index in [1.54, 1.807) is 15.7 Å². The zero-order valence-electron chi connectivity index (χ0n) is 27.6. The van der Waals surface area contributed by atoms with Crippen molar-refractivity contribution in [3.63, 3.8) is 0 Å². The highest BCUT2D eigenvalue weighted by atomic mass is 16.5. The molecule has 12 nitrogen and oxygen atoms in total. The number of carbonyl (C=O) groups excluding carboxylic acids is 2. The molecule has 1 unspecified atom stereocenters. The number of carbonyl (C=O) groups is 2. The molecule has 0 saturated carbocycles. The minimum absolute atomic E-state index is 0.0763. The van der Waals surface area contributed by atoms with E-state index in [4.69, 9.17) is 9.47 Å². The van der Waals surface area contributed by atoms with Gasteiger partial charge in [-0.3, -0.25) is 19.0 Å². The van der Waals surface area contributed by atoms with Crippen LogP contribution in [0.15, 0.2) is 61.2 Å². The first kappa shape index (κ1) is 31.3. The first-order valence-electron chi connectivity index (χ1n) is 16.6. The van der Waals surface area contributed by atoms with E-state index in [9.17, 15) is 9.59 Å². The Morgan fingerprint density at radius 1 is 0.979 bits per heavy atom. The highest BCUT2D eigenvalue weighted by Gasteiger charge is 2.32. The lowest BCUT2D eigenvalue weighted by Crippen LogP contribution is -2.40. The van der Waals surface area contributed by atoms with E-state index >= 15 is 0 Å². The van der Waals surface area contributed by atoms with Crippen LogP contribution in [0.1, 0.15) is 63.7 Å². The fourth-order valence-electron chi connectivity index (χ4n) is 6.92. The van der Waals surface area contributed by atoms with E-state index in [-0.39, 0.29) is 17.9 Å². The molecule has 8 rings (SSSR count). The Morgan fingerprint density at radius 3 is 2.69 bits per heavy atom. The van der Waals surface area contributed by atoms with Crippen molar-refractivity contribution in [3.8, 4) is 11.5 Å². The number of fused-ring (bicyclic) bond motifs is 9. The maximum Gasteiger partial charge on any atom is 0.254 e. The normalized spacial score (nSPS) is 16.5. The van der Waals surface area contributed by atoms with Gasteiger partial charge < -0.3 is 19.3 Å². The van der Waals surface area contributed by atoms with Gasteiger partial charge in [-0.1, -0.05) is 18.2 Å². The second-order valence-electron chi connectivity index (χ2n) is 12.5. The van der Waals surface area contributed by atoms with Gasteiger partial charge in [-0.25, -0.2) is 9.97 Å². The molecule has 248 valence electrons. The molecule has 6 bridgehead atoms. The summed E-state index contributed by atoms with van der Waals surface area (Å²) >= 11 is 0. The van der Waals surface area contributed by atoms with Crippen LogP contribution in [0.25, 0.3) is 11.0 Å². The second-order valence-corrected chi connectivity index (χ2v) is 12.5. The molecule has 2 aromatic carbocycles. The zero-order valence-corrected chi connectivity index (χ0v) is 27.6. The maximum absolute atomic E-state index is 14.1. The molecule has 6 heterocycles. The summed E-state index contributed by atoms with van der Waals surface area (Å²) in [4.78, 5) is 40.3. The van der Waals surface area contributed by atoms with Crippen LogP contribution in [0.4, 0.5) is 0 Å². The van der Waals surface area contributed by atoms with Crippen LogP contribution < -0.4 is 9.47 Å². The summed E-state index contributed by atoms with van der Waals surface area (Å²) in [5, 5.41) is 9.47. The van der Waals surface area contributed by atoms with Crippen LogP contribution in [0.5, 0.6) is 11.5 Å². The molecule has 2 amide bonds. The molecular weight excluding hydrogens is 608 g/mol. The Hall–Kier alpha value is -5.26. The number of benzene rings is 2. The number of aryl methyl sites for hydroxylation is 4. The molecule has 0 radical (unpaired) electrons. The van der Waals surface area contributed by atoms with E-state index in [0.29, 0.717) is 69.9 Å². The largest absolute Gasteiger partial charge is 0.494 e. The minimum atomic E-state index is -0.233. The summed E-state index contributed by atoms with van der Waals surface area (Å²) in [6.45, 7) is 6.72. The van der Waals surface area contributed by atoms with E-state index in [2.05, 4.69) is 38.4 Å². The minimum Gasteiger partial charge on any atom is -0.494 e. The predicted molar refractivity (Wildman–Crippen MR) is 179 cm³/mol. The van der Waals surface area contributed by atoms with E-state index < -0.39 is 0 Å². The predicted octanol–water partition coefficient (Wildman–Crippen LogP) is 4.43. The van der Waals surface area contributed by atoms with E-state index in [1.165, 1.54) is 6.33 Å². The Balaban J connectivity index is 1.15. The molecular formula is C36H40N8O4. The van der Waals surface area contributed by atoms with Gasteiger partial charge in [-0.15, -0.1) is 0 Å². The molecule has 3 aromatic heterocycles. The van der Waals surface area contributed by atoms with E-state index in [1.807, 2.05) is 61.0 Å². The van der Waals surface area contributed by atoms with Crippen molar-refractivity contribution < 1.29 is 19.1 Å². The fourth-order valence-corrected chi connectivity index (χ4v) is 6.92. The smallest absolute Gasteiger partial charge is 0.254 e. The summed E-state index contributed by atoms with van der Waals surface area (Å²) < 4.78 is 16.0. The van der Waals surface area contributed by atoms with Gasteiger partial charge in [0.25, 0.3) is 5.91 Å². The highest BCUT2D eigenvalue weighted by Crippen LogP contribution is 2.38. The number of pyridine rings is 1. The van der Waals surface area contributed by atoms with Crippen molar-refractivity contribution in [1.82, 2.24) is 39.3 Å². The molecule has 0 spiro atoms. The number of hydrogen-bond acceptors (Lipinski definition) is 8. The van der Waals surface area contributed by atoms with Crippen LogP contribution in [-0.2, 0) is 24.8 Å². The van der Waals surface area contributed by atoms with Crippen LogP contribution >= 0.6 is 0 Å². The average Bonchev–Trinajstić information content (AvgIpc) is 3.71. The van der Waals surface area contributed by atoms with Crippen molar-refractivity contribution in [1.29, 1.82) is 0 Å². The molecule has 0 N–H and O–H groups in total. The lowest BCUT2D eigenvalue weighted by molar-refractivity contribution is -0.133. The van der Waals surface area contributed by atoms with Gasteiger partial charge in [0.15, 0.2) is 5.65 Å². The summed E-state index contributed by atoms with van der Waals surface area (Å²) in [5.41, 5.74) is 6.08. The number of amides is 2. The zero-order chi connectivity index (χ0) is 33.2. The second kappa shape index (κ2) is 13.5. The number of ether oxygens (including phenoxy) is 2. The van der Waals surface area contributed by atoms with Gasteiger partial charge in [0.2, 0.25) is 5.91 Å². The molecule has 1 atom stereocenters. The molecule has 0 aliphatic carbocycles. The van der Waals surface area contributed by atoms with Gasteiger partial charge >= 0.3 is 0 Å². The highest BCUT2D eigenvalue weighted by molar-refractivity contribution is 6.06. The third-order valence-corrected chi connectivity index (χ3v) is 9.17.